The number of hydrogen-bond acceptors (Lipinski definition) is 5. The predicted molar refractivity (Wildman–Crippen MR) is 120 cm³/mol. The average Bonchev–Trinajstić information content (AvgIpc) is 2.78. The summed E-state index contributed by atoms with van der Waals surface area (Å²) in [6.07, 6.45) is 2.28. The number of carbonyl (C=O) groups is 2. The standard InChI is InChI=1S/C23H25ClN2O5S/c24-19-9-7-18(8-10-19)23(11-4-12-23)22(28)31-17-21(27)25-13-15-26(16-14-25)32(29,30)20-5-2-1-3-6-20/h1-3,5-10H,4,11-17H2. The van der Waals surface area contributed by atoms with E-state index in [1.807, 2.05) is 12.1 Å². The molecule has 2 fully saturated rings. The van der Waals surface area contributed by atoms with Gasteiger partial charge in [0.05, 0.1) is 10.3 Å². The van der Waals surface area contributed by atoms with Gasteiger partial charge in [0.15, 0.2) is 6.61 Å². The van der Waals surface area contributed by atoms with Crippen molar-refractivity contribution in [2.45, 2.75) is 29.6 Å². The smallest absolute Gasteiger partial charge is 0.317 e. The lowest BCUT2D eigenvalue weighted by molar-refractivity contribution is -0.160. The van der Waals surface area contributed by atoms with E-state index in [4.69, 9.17) is 16.3 Å². The fourth-order valence-electron chi connectivity index (χ4n) is 4.19. The number of amides is 1. The van der Waals surface area contributed by atoms with E-state index in [2.05, 4.69) is 0 Å². The Morgan fingerprint density at radius 1 is 0.938 bits per heavy atom. The number of hydrogen-bond donors (Lipinski definition) is 0. The van der Waals surface area contributed by atoms with Crippen LogP contribution in [0.4, 0.5) is 0 Å². The molecule has 170 valence electrons. The third kappa shape index (κ3) is 4.40. The second kappa shape index (κ2) is 9.21. The summed E-state index contributed by atoms with van der Waals surface area (Å²) in [5.74, 6) is -0.717. The van der Waals surface area contributed by atoms with Crippen molar-refractivity contribution in [1.82, 2.24) is 9.21 Å². The number of rotatable bonds is 6. The second-order valence-electron chi connectivity index (χ2n) is 8.12. The van der Waals surface area contributed by atoms with Crippen LogP contribution in [0.15, 0.2) is 59.5 Å². The van der Waals surface area contributed by atoms with Crippen molar-refractivity contribution in [2.75, 3.05) is 32.8 Å². The number of benzene rings is 2. The van der Waals surface area contributed by atoms with E-state index in [0.717, 1.165) is 12.0 Å². The Kier molecular flexibility index (Phi) is 6.55. The molecule has 1 saturated heterocycles. The zero-order chi connectivity index (χ0) is 22.8. The molecule has 1 saturated carbocycles. The summed E-state index contributed by atoms with van der Waals surface area (Å²) in [7, 11) is -3.59. The minimum Gasteiger partial charge on any atom is -0.455 e. The zero-order valence-electron chi connectivity index (χ0n) is 17.6. The molecule has 4 rings (SSSR count). The van der Waals surface area contributed by atoms with Crippen molar-refractivity contribution in [1.29, 1.82) is 0 Å². The van der Waals surface area contributed by atoms with Crippen molar-refractivity contribution >= 4 is 33.5 Å². The van der Waals surface area contributed by atoms with Gasteiger partial charge in [0.1, 0.15) is 0 Å². The molecule has 2 aromatic rings. The van der Waals surface area contributed by atoms with Crippen LogP contribution in [0.3, 0.4) is 0 Å². The topological polar surface area (TPSA) is 84.0 Å². The lowest BCUT2D eigenvalue weighted by Gasteiger charge is -2.40. The molecular weight excluding hydrogens is 452 g/mol. The van der Waals surface area contributed by atoms with Gasteiger partial charge in [-0.05, 0) is 42.7 Å². The highest BCUT2D eigenvalue weighted by atomic mass is 35.5. The SMILES string of the molecule is O=C(COC(=O)C1(c2ccc(Cl)cc2)CCC1)N1CCN(S(=O)(=O)c2ccccc2)CC1. The average molecular weight is 477 g/mol. The Balaban J connectivity index is 1.32. The van der Waals surface area contributed by atoms with Gasteiger partial charge in [0.25, 0.3) is 5.91 Å². The Morgan fingerprint density at radius 3 is 2.12 bits per heavy atom. The molecule has 0 aromatic heterocycles. The lowest BCUT2D eigenvalue weighted by atomic mass is 9.64. The van der Waals surface area contributed by atoms with Crippen molar-refractivity contribution in [3.8, 4) is 0 Å². The number of ether oxygens (including phenoxy) is 1. The summed E-state index contributed by atoms with van der Waals surface area (Å²) in [6.45, 7) is 0.562. The molecule has 0 unspecified atom stereocenters. The Hall–Kier alpha value is -2.42. The Labute approximate surface area is 193 Å². The first-order valence-electron chi connectivity index (χ1n) is 10.6. The van der Waals surface area contributed by atoms with Gasteiger partial charge >= 0.3 is 5.97 Å². The molecule has 1 aliphatic heterocycles. The quantitative estimate of drug-likeness (QED) is 0.598. The third-order valence-electron chi connectivity index (χ3n) is 6.29. The molecule has 0 N–H and O–H groups in total. The fraction of sp³-hybridized carbons (Fsp3) is 0.391. The summed E-state index contributed by atoms with van der Waals surface area (Å²) < 4.78 is 32.3. The van der Waals surface area contributed by atoms with E-state index in [0.29, 0.717) is 17.9 Å². The number of nitrogens with zero attached hydrogens (tertiary/aromatic N) is 2. The number of esters is 1. The van der Waals surface area contributed by atoms with E-state index in [-0.39, 0.29) is 43.6 Å². The highest BCUT2D eigenvalue weighted by molar-refractivity contribution is 7.89. The number of carbonyl (C=O) groups excluding carboxylic acids is 2. The predicted octanol–water partition coefficient (Wildman–Crippen LogP) is 2.84. The van der Waals surface area contributed by atoms with Gasteiger partial charge in [0.2, 0.25) is 10.0 Å². The first-order chi connectivity index (χ1) is 15.3. The minimum absolute atomic E-state index is 0.200. The maximum Gasteiger partial charge on any atom is 0.317 e. The summed E-state index contributed by atoms with van der Waals surface area (Å²) >= 11 is 5.96. The summed E-state index contributed by atoms with van der Waals surface area (Å²) in [4.78, 5) is 27.2. The van der Waals surface area contributed by atoms with Crippen molar-refractivity contribution in [3.63, 3.8) is 0 Å². The van der Waals surface area contributed by atoms with E-state index >= 15 is 0 Å². The molecule has 2 aromatic carbocycles. The van der Waals surface area contributed by atoms with Crippen LogP contribution in [0, 0.1) is 0 Å². The van der Waals surface area contributed by atoms with Crippen LogP contribution in [-0.2, 0) is 29.8 Å². The van der Waals surface area contributed by atoms with Gasteiger partial charge < -0.3 is 9.64 Å². The van der Waals surface area contributed by atoms with Crippen molar-refractivity contribution < 1.29 is 22.7 Å². The van der Waals surface area contributed by atoms with Crippen LogP contribution in [0.2, 0.25) is 5.02 Å². The highest BCUT2D eigenvalue weighted by Gasteiger charge is 2.47. The third-order valence-corrected chi connectivity index (χ3v) is 8.46. The maximum absolute atomic E-state index is 12.8. The van der Waals surface area contributed by atoms with Gasteiger partial charge in [-0.15, -0.1) is 0 Å². The molecule has 0 atom stereocenters. The number of halogens is 1. The van der Waals surface area contributed by atoms with E-state index < -0.39 is 21.4 Å². The molecule has 0 spiro atoms. The van der Waals surface area contributed by atoms with E-state index in [1.165, 1.54) is 4.31 Å². The van der Waals surface area contributed by atoms with Crippen LogP contribution in [0.5, 0.6) is 0 Å². The number of piperazine rings is 1. The largest absolute Gasteiger partial charge is 0.455 e. The molecular formula is C23H25ClN2O5S. The second-order valence-corrected chi connectivity index (χ2v) is 10.5. The van der Waals surface area contributed by atoms with Gasteiger partial charge in [-0.25, -0.2) is 8.42 Å². The van der Waals surface area contributed by atoms with Crippen LogP contribution >= 0.6 is 11.6 Å². The maximum atomic E-state index is 12.8. The van der Waals surface area contributed by atoms with Gasteiger partial charge in [-0.1, -0.05) is 48.4 Å². The zero-order valence-corrected chi connectivity index (χ0v) is 19.1. The van der Waals surface area contributed by atoms with Crippen LogP contribution in [0.1, 0.15) is 24.8 Å². The molecule has 1 amide bonds. The summed E-state index contributed by atoms with van der Waals surface area (Å²) in [5.41, 5.74) is 0.137. The first kappa shape index (κ1) is 22.8. The lowest BCUT2D eigenvalue weighted by Crippen LogP contribution is -2.52. The van der Waals surface area contributed by atoms with Gasteiger partial charge in [0, 0.05) is 31.2 Å². The van der Waals surface area contributed by atoms with Gasteiger partial charge in [-0.3, -0.25) is 9.59 Å². The molecule has 2 aliphatic rings. The molecule has 7 nitrogen and oxygen atoms in total. The van der Waals surface area contributed by atoms with Crippen molar-refractivity contribution in [2.24, 2.45) is 0 Å². The molecule has 32 heavy (non-hydrogen) atoms. The van der Waals surface area contributed by atoms with Crippen LogP contribution in [0.25, 0.3) is 0 Å². The molecule has 1 aliphatic carbocycles. The fourth-order valence-corrected chi connectivity index (χ4v) is 5.76. The Morgan fingerprint density at radius 2 is 1.56 bits per heavy atom. The Bertz CT molecular complexity index is 1080. The van der Waals surface area contributed by atoms with Gasteiger partial charge in [-0.2, -0.15) is 4.31 Å². The van der Waals surface area contributed by atoms with Crippen LogP contribution in [-0.4, -0.2) is 62.3 Å². The normalized spacial score (nSPS) is 18.6. The first-order valence-corrected chi connectivity index (χ1v) is 12.4. The van der Waals surface area contributed by atoms with E-state index in [1.54, 1.807) is 47.4 Å². The highest BCUT2D eigenvalue weighted by Crippen LogP contribution is 2.45. The van der Waals surface area contributed by atoms with Crippen LogP contribution < -0.4 is 0 Å². The summed E-state index contributed by atoms with van der Waals surface area (Å²) in [6, 6.07) is 15.4. The molecule has 1 heterocycles. The molecule has 0 bridgehead atoms. The molecule has 9 heteroatoms. The van der Waals surface area contributed by atoms with E-state index in [9.17, 15) is 18.0 Å². The minimum atomic E-state index is -3.59. The number of sulfonamides is 1. The van der Waals surface area contributed by atoms with Crippen molar-refractivity contribution in [3.05, 3.63) is 65.2 Å². The summed E-state index contributed by atoms with van der Waals surface area (Å²) in [5, 5.41) is 0.597. The monoisotopic (exact) mass is 476 g/mol. The molecule has 0 radical (unpaired) electrons.